The van der Waals surface area contributed by atoms with Gasteiger partial charge in [0.05, 0.1) is 22.3 Å². The molecule has 6 nitrogen and oxygen atoms in total. The van der Waals surface area contributed by atoms with E-state index in [0.717, 1.165) is 35.6 Å². The molecule has 2 aromatic carbocycles. The molecule has 0 amide bonds. The minimum Gasteiger partial charge on any atom is -0.483 e. The summed E-state index contributed by atoms with van der Waals surface area (Å²) in [6.45, 7) is 6.10. The van der Waals surface area contributed by atoms with Crippen LogP contribution < -0.4 is 4.74 Å². The van der Waals surface area contributed by atoms with E-state index in [1.54, 1.807) is 18.2 Å². The van der Waals surface area contributed by atoms with Crippen LogP contribution in [-0.2, 0) is 19.1 Å². The van der Waals surface area contributed by atoms with Gasteiger partial charge in [0.15, 0.2) is 17.7 Å². The first kappa shape index (κ1) is 29.5. The van der Waals surface area contributed by atoms with Gasteiger partial charge in [-0.25, -0.2) is 0 Å². The molecule has 1 heterocycles. The number of fused-ring (bicyclic) bond motifs is 8. The Bertz CT molecular complexity index is 1570. The third-order valence-corrected chi connectivity index (χ3v) is 12.1. The SMILES string of the molecule is CCCC1O[C@@H]2CC3C4CCC5=CC(=O)C=CC5(C)C4[C@@H](O)CC3(C)[C@@]2(C(=O)COc2c(Cl)cc(Cl)c3ccccc23)O1. The van der Waals surface area contributed by atoms with Gasteiger partial charge >= 0.3 is 0 Å². The molecule has 4 aliphatic carbocycles. The lowest BCUT2D eigenvalue weighted by atomic mass is 9.46. The van der Waals surface area contributed by atoms with Crippen molar-refractivity contribution in [3.63, 3.8) is 0 Å². The van der Waals surface area contributed by atoms with Crippen molar-refractivity contribution in [3.05, 3.63) is 64.2 Å². The van der Waals surface area contributed by atoms with Gasteiger partial charge < -0.3 is 19.3 Å². The molecular formula is C35H38Cl2O6. The monoisotopic (exact) mass is 624 g/mol. The lowest BCUT2D eigenvalue weighted by Crippen LogP contribution is -2.63. The zero-order valence-corrected chi connectivity index (χ0v) is 26.3. The first-order valence-corrected chi connectivity index (χ1v) is 16.3. The number of halogens is 2. The van der Waals surface area contributed by atoms with Gasteiger partial charge in [0.1, 0.15) is 12.4 Å². The standard InChI is InChI=1S/C35H38Cl2O6/c1-4-7-30-42-29-15-24-23-11-10-19-14-20(38)12-13-33(19,2)31(23)27(39)17-34(24,3)35(29,43-30)28(40)18-41-32-22-9-6-5-8-21(22)25(36)16-26(32)37/h5-6,8-9,12-14,16,23-24,27,29-31,39H,4,7,10-11,15,17-18H2,1-3H3/t23?,24?,27-,29+,30?,31?,33?,34?,35-/m0/s1. The van der Waals surface area contributed by atoms with Crippen molar-refractivity contribution in [2.24, 2.45) is 28.6 Å². The van der Waals surface area contributed by atoms with E-state index in [1.807, 2.05) is 30.3 Å². The van der Waals surface area contributed by atoms with Crippen molar-refractivity contribution in [1.29, 1.82) is 0 Å². The summed E-state index contributed by atoms with van der Waals surface area (Å²) in [5, 5.41) is 14.3. The van der Waals surface area contributed by atoms with Crippen molar-refractivity contribution in [1.82, 2.24) is 0 Å². The van der Waals surface area contributed by atoms with Gasteiger partial charge in [-0.3, -0.25) is 9.59 Å². The minimum absolute atomic E-state index is 0.0124. The predicted octanol–water partition coefficient (Wildman–Crippen LogP) is 7.26. The van der Waals surface area contributed by atoms with Crippen LogP contribution in [0.25, 0.3) is 10.8 Å². The maximum absolute atomic E-state index is 14.6. The van der Waals surface area contributed by atoms with Gasteiger partial charge in [-0.2, -0.15) is 0 Å². The number of hydrogen-bond acceptors (Lipinski definition) is 6. The van der Waals surface area contributed by atoms with Crippen LogP contribution >= 0.6 is 23.2 Å². The summed E-state index contributed by atoms with van der Waals surface area (Å²) in [5.41, 5.74) is -1.22. The maximum Gasteiger partial charge on any atom is 0.205 e. The van der Waals surface area contributed by atoms with E-state index in [2.05, 4.69) is 20.8 Å². The number of hydrogen-bond donors (Lipinski definition) is 1. The predicted molar refractivity (Wildman–Crippen MR) is 165 cm³/mol. The fraction of sp³-hybridized carbons (Fsp3) is 0.543. The van der Waals surface area contributed by atoms with E-state index in [0.29, 0.717) is 35.1 Å². The largest absolute Gasteiger partial charge is 0.483 e. The van der Waals surface area contributed by atoms with Gasteiger partial charge in [0.2, 0.25) is 5.78 Å². The number of benzene rings is 2. The first-order valence-electron chi connectivity index (χ1n) is 15.5. The summed E-state index contributed by atoms with van der Waals surface area (Å²) in [6.07, 6.45) is 8.07. The zero-order valence-electron chi connectivity index (χ0n) is 24.8. The molecule has 228 valence electrons. The molecule has 3 saturated carbocycles. The quantitative estimate of drug-likeness (QED) is 0.364. The van der Waals surface area contributed by atoms with Crippen LogP contribution in [0, 0.1) is 28.6 Å². The van der Waals surface area contributed by atoms with Crippen molar-refractivity contribution in [3.8, 4) is 5.75 Å². The summed E-state index contributed by atoms with van der Waals surface area (Å²) < 4.78 is 19.5. The summed E-state index contributed by atoms with van der Waals surface area (Å²) in [4.78, 5) is 26.8. The topological polar surface area (TPSA) is 82.1 Å². The van der Waals surface area contributed by atoms with E-state index in [-0.39, 0.29) is 35.9 Å². The van der Waals surface area contributed by atoms with Crippen molar-refractivity contribution in [2.45, 2.75) is 83.4 Å². The fourth-order valence-corrected chi connectivity index (χ4v) is 10.3. The summed E-state index contributed by atoms with van der Waals surface area (Å²) >= 11 is 13.0. The highest BCUT2D eigenvalue weighted by Crippen LogP contribution is 2.69. The Morgan fingerprint density at radius 2 is 1.93 bits per heavy atom. The van der Waals surface area contributed by atoms with Crippen LogP contribution in [0.15, 0.2) is 54.1 Å². The van der Waals surface area contributed by atoms with Gasteiger partial charge in [-0.05, 0) is 62.2 Å². The van der Waals surface area contributed by atoms with Crippen LogP contribution in [0.1, 0.15) is 59.3 Å². The molecule has 1 N–H and O–H groups in total. The molecule has 1 saturated heterocycles. The first-order chi connectivity index (χ1) is 20.5. The molecule has 0 bridgehead atoms. The smallest absolute Gasteiger partial charge is 0.205 e. The molecule has 7 rings (SSSR count). The van der Waals surface area contributed by atoms with Crippen LogP contribution in [0.2, 0.25) is 10.0 Å². The Hall–Kier alpha value is -2.22. The summed E-state index contributed by atoms with van der Waals surface area (Å²) in [7, 11) is 0. The number of Topliss-reactive ketones (excluding diaryl/α,β-unsaturated/α-hetero) is 1. The number of aliphatic hydroxyl groups excluding tert-OH is 1. The Balaban J connectivity index is 1.24. The van der Waals surface area contributed by atoms with Crippen LogP contribution in [-0.4, -0.2) is 47.4 Å². The van der Waals surface area contributed by atoms with Gasteiger partial charge in [0.25, 0.3) is 0 Å². The van der Waals surface area contributed by atoms with E-state index in [9.17, 15) is 14.7 Å². The highest BCUT2D eigenvalue weighted by molar-refractivity contribution is 6.40. The molecular weight excluding hydrogens is 587 g/mol. The number of carbonyl (C=O) groups excluding carboxylic acids is 2. The van der Waals surface area contributed by atoms with E-state index < -0.39 is 34.9 Å². The molecule has 0 aromatic heterocycles. The van der Waals surface area contributed by atoms with Crippen molar-refractivity contribution in [2.75, 3.05) is 6.61 Å². The Morgan fingerprint density at radius 3 is 2.70 bits per heavy atom. The minimum atomic E-state index is -1.26. The number of carbonyl (C=O) groups is 2. The third kappa shape index (κ3) is 4.16. The second kappa shape index (κ2) is 10.4. The lowest BCUT2D eigenvalue weighted by molar-refractivity contribution is -0.200. The Kier molecular flexibility index (Phi) is 7.14. The lowest BCUT2D eigenvalue weighted by Gasteiger charge is -2.59. The second-order valence-electron chi connectivity index (χ2n) is 13.6. The molecule has 5 aliphatic rings. The molecule has 43 heavy (non-hydrogen) atoms. The molecule has 6 unspecified atom stereocenters. The maximum atomic E-state index is 14.6. The molecule has 9 atom stereocenters. The molecule has 0 spiro atoms. The van der Waals surface area contributed by atoms with Crippen LogP contribution in [0.4, 0.5) is 0 Å². The number of ketones is 2. The van der Waals surface area contributed by atoms with Gasteiger partial charge in [0, 0.05) is 27.5 Å². The number of allylic oxidation sites excluding steroid dienone is 4. The van der Waals surface area contributed by atoms with Crippen molar-refractivity contribution >= 4 is 45.5 Å². The van der Waals surface area contributed by atoms with Gasteiger partial charge in [-0.1, -0.05) is 86.3 Å². The summed E-state index contributed by atoms with van der Waals surface area (Å²) in [6, 6.07) is 9.19. The summed E-state index contributed by atoms with van der Waals surface area (Å²) in [5.74, 6) is 0.431. The Labute approximate surface area is 262 Å². The van der Waals surface area contributed by atoms with Crippen LogP contribution in [0.5, 0.6) is 5.75 Å². The molecule has 4 fully saturated rings. The van der Waals surface area contributed by atoms with E-state index in [4.69, 9.17) is 37.4 Å². The normalized spacial score (nSPS) is 39.6. The fourth-order valence-electron chi connectivity index (χ4n) is 9.67. The Morgan fingerprint density at radius 1 is 1.16 bits per heavy atom. The highest BCUT2D eigenvalue weighted by atomic mass is 35.5. The number of rotatable bonds is 6. The van der Waals surface area contributed by atoms with E-state index >= 15 is 0 Å². The van der Waals surface area contributed by atoms with Crippen molar-refractivity contribution < 1.29 is 28.9 Å². The number of aliphatic hydroxyl groups is 1. The second-order valence-corrected chi connectivity index (χ2v) is 14.4. The zero-order chi connectivity index (χ0) is 30.3. The van der Waals surface area contributed by atoms with Gasteiger partial charge in [-0.15, -0.1) is 0 Å². The molecule has 1 aliphatic heterocycles. The highest BCUT2D eigenvalue weighted by Gasteiger charge is 2.75. The van der Waals surface area contributed by atoms with E-state index in [1.165, 1.54) is 0 Å². The molecule has 2 aromatic rings. The molecule has 8 heteroatoms. The average Bonchev–Trinajstić information content (AvgIpc) is 3.45. The molecule has 0 radical (unpaired) electrons. The van der Waals surface area contributed by atoms with Crippen LogP contribution in [0.3, 0.4) is 0 Å². The number of ether oxygens (including phenoxy) is 3. The third-order valence-electron chi connectivity index (χ3n) is 11.5. The average molecular weight is 626 g/mol.